The lowest BCUT2D eigenvalue weighted by molar-refractivity contribution is -0.140. The summed E-state index contributed by atoms with van der Waals surface area (Å²) < 4.78 is 10.3. The van der Waals surface area contributed by atoms with Crippen LogP contribution in [0, 0.1) is 0 Å². The van der Waals surface area contributed by atoms with E-state index in [1.165, 1.54) is 7.11 Å². The summed E-state index contributed by atoms with van der Waals surface area (Å²) in [7, 11) is 4.81. The Morgan fingerprint density at radius 2 is 2.06 bits per heavy atom. The zero-order chi connectivity index (χ0) is 13.5. The molecule has 0 aliphatic carbocycles. The number of carbonyl (C=O) groups is 1. The molecule has 1 rings (SSSR count). The van der Waals surface area contributed by atoms with Crippen LogP contribution < -0.4 is 10.5 Å². The maximum absolute atomic E-state index is 12.0. The quantitative estimate of drug-likeness (QED) is 0.806. The molecule has 1 aromatic rings. The Hall–Kier alpha value is -1.59. The summed E-state index contributed by atoms with van der Waals surface area (Å²) in [6, 6.07) is 7.59. The van der Waals surface area contributed by atoms with Crippen LogP contribution in [-0.4, -0.2) is 44.7 Å². The zero-order valence-electron chi connectivity index (χ0n) is 11.1. The van der Waals surface area contributed by atoms with Crippen molar-refractivity contribution in [3.63, 3.8) is 0 Å². The molecule has 0 bridgehead atoms. The summed E-state index contributed by atoms with van der Waals surface area (Å²) >= 11 is 0. The maximum atomic E-state index is 12.0. The average Bonchev–Trinajstić information content (AvgIpc) is 2.40. The van der Waals surface area contributed by atoms with E-state index in [0.717, 1.165) is 11.3 Å². The highest BCUT2D eigenvalue weighted by molar-refractivity contribution is 5.81. The largest absolute Gasteiger partial charge is 0.496 e. The van der Waals surface area contributed by atoms with Crippen LogP contribution in [0.15, 0.2) is 24.3 Å². The molecule has 1 aromatic carbocycles. The van der Waals surface area contributed by atoms with Gasteiger partial charge in [0.2, 0.25) is 0 Å². The number of nitrogens with zero attached hydrogens (tertiary/aromatic N) is 1. The van der Waals surface area contributed by atoms with E-state index in [-0.39, 0.29) is 12.5 Å². The molecule has 0 saturated heterocycles. The molecule has 0 aliphatic rings. The van der Waals surface area contributed by atoms with E-state index >= 15 is 0 Å². The molecular formula is C13H20N2O3. The molecule has 100 valence electrons. The van der Waals surface area contributed by atoms with Gasteiger partial charge in [-0.1, -0.05) is 18.2 Å². The van der Waals surface area contributed by atoms with Gasteiger partial charge in [-0.25, -0.2) is 0 Å². The third kappa shape index (κ3) is 3.45. The first-order valence-electron chi connectivity index (χ1n) is 5.73. The van der Waals surface area contributed by atoms with Crippen LogP contribution in [0.4, 0.5) is 0 Å². The lowest BCUT2D eigenvalue weighted by atomic mass is 10.2. The average molecular weight is 252 g/mol. The first kappa shape index (κ1) is 14.5. The number of likely N-dealkylation sites (N-methyl/N-ethyl adjacent to an activating group) is 1. The topological polar surface area (TPSA) is 64.8 Å². The van der Waals surface area contributed by atoms with Gasteiger partial charge in [-0.05, 0) is 6.07 Å². The number of hydrogen-bond acceptors (Lipinski definition) is 4. The fourth-order valence-corrected chi connectivity index (χ4v) is 1.71. The van der Waals surface area contributed by atoms with Crippen molar-refractivity contribution in [3.8, 4) is 5.75 Å². The van der Waals surface area contributed by atoms with E-state index in [4.69, 9.17) is 15.2 Å². The molecule has 5 heteroatoms. The SMILES string of the molecule is COc1ccccc1CN(C)C(=O)C(CN)OC. The highest BCUT2D eigenvalue weighted by Crippen LogP contribution is 2.19. The molecular weight excluding hydrogens is 232 g/mol. The third-order valence-corrected chi connectivity index (χ3v) is 2.75. The van der Waals surface area contributed by atoms with Crippen molar-refractivity contribution in [2.24, 2.45) is 5.73 Å². The molecule has 0 heterocycles. The molecule has 1 atom stereocenters. The molecule has 1 unspecified atom stereocenters. The van der Waals surface area contributed by atoms with E-state index < -0.39 is 6.10 Å². The molecule has 0 fully saturated rings. The number of rotatable bonds is 6. The number of hydrogen-bond donors (Lipinski definition) is 1. The second kappa shape index (κ2) is 6.98. The Balaban J connectivity index is 2.74. The molecule has 2 N–H and O–H groups in total. The maximum Gasteiger partial charge on any atom is 0.253 e. The van der Waals surface area contributed by atoms with Gasteiger partial charge in [-0.3, -0.25) is 4.79 Å². The van der Waals surface area contributed by atoms with Gasteiger partial charge >= 0.3 is 0 Å². The van der Waals surface area contributed by atoms with Crippen LogP contribution in [-0.2, 0) is 16.1 Å². The standard InChI is InChI=1S/C13H20N2O3/c1-15(13(16)12(8-14)18-3)9-10-6-4-5-7-11(10)17-2/h4-7,12H,8-9,14H2,1-3H3. The van der Waals surface area contributed by atoms with Gasteiger partial charge in [-0.2, -0.15) is 0 Å². The minimum Gasteiger partial charge on any atom is -0.496 e. The normalized spacial score (nSPS) is 12.0. The molecule has 1 amide bonds. The summed E-state index contributed by atoms with van der Waals surface area (Å²) in [5.74, 6) is 0.629. The second-order valence-corrected chi connectivity index (χ2v) is 3.97. The van der Waals surface area contributed by atoms with Crippen molar-refractivity contribution in [1.82, 2.24) is 4.90 Å². The first-order chi connectivity index (χ1) is 8.63. The molecule has 0 saturated carbocycles. The lowest BCUT2D eigenvalue weighted by Crippen LogP contribution is -2.41. The summed E-state index contributed by atoms with van der Waals surface area (Å²) in [5.41, 5.74) is 6.42. The number of para-hydroxylation sites is 1. The van der Waals surface area contributed by atoms with E-state index in [0.29, 0.717) is 6.54 Å². The van der Waals surface area contributed by atoms with Gasteiger partial charge in [0.05, 0.1) is 7.11 Å². The Labute approximate surface area is 107 Å². The molecule has 5 nitrogen and oxygen atoms in total. The van der Waals surface area contributed by atoms with E-state index in [9.17, 15) is 4.79 Å². The monoisotopic (exact) mass is 252 g/mol. The van der Waals surface area contributed by atoms with Crippen molar-refractivity contribution in [2.75, 3.05) is 27.8 Å². The fourth-order valence-electron chi connectivity index (χ4n) is 1.71. The zero-order valence-corrected chi connectivity index (χ0v) is 11.1. The van der Waals surface area contributed by atoms with E-state index in [1.54, 1.807) is 19.1 Å². The van der Waals surface area contributed by atoms with E-state index in [1.807, 2.05) is 24.3 Å². The van der Waals surface area contributed by atoms with Crippen LogP contribution in [0.5, 0.6) is 5.75 Å². The van der Waals surface area contributed by atoms with E-state index in [2.05, 4.69) is 0 Å². The highest BCUT2D eigenvalue weighted by Gasteiger charge is 2.20. The minimum absolute atomic E-state index is 0.133. The van der Waals surface area contributed by atoms with Gasteiger partial charge < -0.3 is 20.1 Å². The van der Waals surface area contributed by atoms with Crippen LogP contribution >= 0.6 is 0 Å². The predicted molar refractivity (Wildman–Crippen MR) is 69.3 cm³/mol. The molecule has 0 aromatic heterocycles. The molecule has 0 radical (unpaired) electrons. The van der Waals surface area contributed by atoms with Gasteiger partial charge in [0, 0.05) is 32.8 Å². The second-order valence-electron chi connectivity index (χ2n) is 3.97. The summed E-state index contributed by atoms with van der Waals surface area (Å²) in [5, 5.41) is 0. The number of methoxy groups -OCH3 is 2. The van der Waals surface area contributed by atoms with Crippen LogP contribution in [0.1, 0.15) is 5.56 Å². The van der Waals surface area contributed by atoms with Gasteiger partial charge in [0.1, 0.15) is 11.9 Å². The molecule has 18 heavy (non-hydrogen) atoms. The van der Waals surface area contributed by atoms with Crippen molar-refractivity contribution < 1.29 is 14.3 Å². The number of nitrogens with two attached hydrogens (primary N) is 1. The number of benzene rings is 1. The van der Waals surface area contributed by atoms with Crippen molar-refractivity contribution in [3.05, 3.63) is 29.8 Å². The molecule has 0 aliphatic heterocycles. The Kier molecular flexibility index (Phi) is 5.61. The predicted octanol–water partition coefficient (Wildman–Crippen LogP) is 0.627. The van der Waals surface area contributed by atoms with Crippen molar-refractivity contribution in [1.29, 1.82) is 0 Å². The minimum atomic E-state index is -0.593. The van der Waals surface area contributed by atoms with Crippen LogP contribution in [0.2, 0.25) is 0 Å². The lowest BCUT2D eigenvalue weighted by Gasteiger charge is -2.22. The Bertz CT molecular complexity index is 392. The van der Waals surface area contributed by atoms with Gasteiger partial charge in [0.25, 0.3) is 5.91 Å². The van der Waals surface area contributed by atoms with Crippen LogP contribution in [0.25, 0.3) is 0 Å². The van der Waals surface area contributed by atoms with Gasteiger partial charge in [-0.15, -0.1) is 0 Å². The number of ether oxygens (including phenoxy) is 2. The Morgan fingerprint density at radius 1 is 1.39 bits per heavy atom. The smallest absolute Gasteiger partial charge is 0.253 e. The summed E-state index contributed by atoms with van der Waals surface area (Å²) in [4.78, 5) is 13.6. The summed E-state index contributed by atoms with van der Waals surface area (Å²) in [6.45, 7) is 0.633. The van der Waals surface area contributed by atoms with Gasteiger partial charge in [0.15, 0.2) is 0 Å². The fraction of sp³-hybridized carbons (Fsp3) is 0.462. The third-order valence-electron chi connectivity index (χ3n) is 2.75. The molecule has 0 spiro atoms. The summed E-state index contributed by atoms with van der Waals surface area (Å²) in [6.07, 6.45) is -0.593. The first-order valence-corrected chi connectivity index (χ1v) is 5.73. The Morgan fingerprint density at radius 3 is 2.61 bits per heavy atom. The number of carbonyl (C=O) groups excluding carboxylic acids is 1. The van der Waals surface area contributed by atoms with Crippen LogP contribution in [0.3, 0.4) is 0 Å². The highest BCUT2D eigenvalue weighted by atomic mass is 16.5. The number of amides is 1. The van der Waals surface area contributed by atoms with Crippen molar-refractivity contribution in [2.45, 2.75) is 12.6 Å². The van der Waals surface area contributed by atoms with Crippen molar-refractivity contribution >= 4 is 5.91 Å².